The summed E-state index contributed by atoms with van der Waals surface area (Å²) in [4.78, 5) is 21.3. The summed E-state index contributed by atoms with van der Waals surface area (Å²) in [7, 11) is 0.889. The third-order valence-electron chi connectivity index (χ3n) is 10.5. The van der Waals surface area contributed by atoms with Crippen LogP contribution in [-0.2, 0) is 24.3 Å². The molecule has 3 heterocycles. The number of nitrogens with one attached hydrogen (secondary N) is 1. The molecule has 3 aromatic carbocycles. The lowest BCUT2D eigenvalue weighted by atomic mass is 9.80. The van der Waals surface area contributed by atoms with E-state index in [-0.39, 0.29) is 40.3 Å². The molecule has 1 aliphatic heterocycles. The second-order valence-electron chi connectivity index (χ2n) is 15.4. The number of carbonyl (C=O) groups is 1. The van der Waals surface area contributed by atoms with Crippen LogP contribution < -0.4 is 14.8 Å². The molecular weight excluding hydrogens is 704 g/mol. The van der Waals surface area contributed by atoms with E-state index >= 15 is 4.39 Å². The number of hydrogen-bond acceptors (Lipinski definition) is 8. The third kappa shape index (κ3) is 7.65. The number of carbonyl (C=O) groups excluding carboxylic acids is 1. The van der Waals surface area contributed by atoms with Gasteiger partial charge in [-0.15, -0.1) is 0 Å². The van der Waals surface area contributed by atoms with Gasteiger partial charge in [0.2, 0.25) is 5.91 Å². The molecular formula is C42H50FN4O6Si. The molecule has 5 aromatic rings. The van der Waals surface area contributed by atoms with Gasteiger partial charge < -0.3 is 33.3 Å². The van der Waals surface area contributed by atoms with Gasteiger partial charge in [-0.3, -0.25) is 4.79 Å². The number of fused-ring (bicyclic) bond motifs is 1. The van der Waals surface area contributed by atoms with E-state index < -0.39 is 38.2 Å². The molecule has 0 saturated carbocycles. The van der Waals surface area contributed by atoms with Crippen LogP contribution in [0.1, 0.15) is 57.5 Å². The average molecular weight is 754 g/mol. The van der Waals surface area contributed by atoms with Gasteiger partial charge in [0, 0.05) is 18.5 Å². The number of methoxy groups -OCH3 is 2. The number of amides is 1. The van der Waals surface area contributed by atoms with E-state index in [0.29, 0.717) is 0 Å². The highest BCUT2D eigenvalue weighted by molar-refractivity contribution is 6.74. The molecule has 0 spiro atoms. The lowest BCUT2D eigenvalue weighted by Gasteiger charge is -2.39. The van der Waals surface area contributed by atoms with Crippen LogP contribution in [0.4, 0.5) is 10.2 Å². The van der Waals surface area contributed by atoms with Crippen LogP contribution in [0.2, 0.25) is 18.1 Å². The van der Waals surface area contributed by atoms with E-state index in [1.165, 1.54) is 12.5 Å². The highest BCUT2D eigenvalue weighted by atomic mass is 28.4. The zero-order valence-electron chi connectivity index (χ0n) is 32.4. The quantitative estimate of drug-likeness (QED) is 0.0941. The maximum absolute atomic E-state index is 15.9. The van der Waals surface area contributed by atoms with Gasteiger partial charge in [-0.1, -0.05) is 89.2 Å². The Bertz CT molecular complexity index is 2000. The van der Waals surface area contributed by atoms with Crippen LogP contribution in [0.15, 0.2) is 91.4 Å². The van der Waals surface area contributed by atoms with Crippen molar-refractivity contribution in [1.82, 2.24) is 14.5 Å². The number of hydrogen-bond donors (Lipinski definition) is 1. The van der Waals surface area contributed by atoms with Crippen molar-refractivity contribution in [2.45, 2.75) is 76.8 Å². The van der Waals surface area contributed by atoms with E-state index in [1.54, 1.807) is 32.6 Å². The van der Waals surface area contributed by atoms with Gasteiger partial charge in [0.05, 0.1) is 38.4 Å². The van der Waals surface area contributed by atoms with Crippen LogP contribution in [0.25, 0.3) is 11.0 Å². The first kappa shape index (κ1) is 39.1. The standard InChI is InChI=1S/C42H50FN4O6Si/c1-27(2)39(48)46-37-36-34(43)24-47(38(36)45-26-44-37)40-35(53-54(8,9)41(3,4)5)23-33(52-40)25-51-42(28-13-11-10-12-14-28,29-15-19-31(49-6)20-16-29)30-17-21-32(50-7)22-18-30/h10-24,26-27,33,35,40H,25H2,1-9H3,(H,44,45,46,48)/t33-,35-,40-/m1/s1. The van der Waals surface area contributed by atoms with Crippen molar-refractivity contribution in [3.8, 4) is 11.5 Å². The van der Waals surface area contributed by atoms with E-state index in [0.717, 1.165) is 28.2 Å². The molecule has 1 amide bonds. The molecule has 6 rings (SSSR count). The van der Waals surface area contributed by atoms with Gasteiger partial charge >= 0.3 is 0 Å². The highest BCUT2D eigenvalue weighted by Gasteiger charge is 2.47. The van der Waals surface area contributed by atoms with Gasteiger partial charge in [-0.25, -0.2) is 14.4 Å². The maximum Gasteiger partial charge on any atom is 0.228 e. The summed E-state index contributed by atoms with van der Waals surface area (Å²) in [5, 5.41) is 2.73. The van der Waals surface area contributed by atoms with Crippen molar-refractivity contribution < 1.29 is 32.6 Å². The van der Waals surface area contributed by atoms with Crippen molar-refractivity contribution in [2.75, 3.05) is 26.1 Å². The SMILES string of the molecule is COc1ccc(C(OC[C@H]2[CH][C@@H](O[Si](C)(C)C(C)(C)C)[C@H](n3cc(F)c4c(NC(=O)C(C)C)ncnc43)O2)(c2ccccc2)c2ccc(OC)cc2)cc1. The van der Waals surface area contributed by atoms with Gasteiger partial charge in [0.15, 0.2) is 26.0 Å². The number of ether oxygens (including phenoxy) is 4. The molecule has 10 nitrogen and oxygen atoms in total. The van der Waals surface area contributed by atoms with Crippen LogP contribution in [0.3, 0.4) is 0 Å². The van der Waals surface area contributed by atoms with Crippen LogP contribution in [-0.4, -0.2) is 61.8 Å². The van der Waals surface area contributed by atoms with Crippen molar-refractivity contribution in [3.05, 3.63) is 120 Å². The number of aromatic nitrogens is 3. The predicted molar refractivity (Wildman–Crippen MR) is 209 cm³/mol. The lowest BCUT2D eigenvalue weighted by molar-refractivity contribution is -0.118. The van der Waals surface area contributed by atoms with Crippen molar-refractivity contribution in [2.24, 2.45) is 5.92 Å². The van der Waals surface area contributed by atoms with Crippen LogP contribution in [0.5, 0.6) is 11.5 Å². The second kappa shape index (κ2) is 15.6. The summed E-state index contributed by atoms with van der Waals surface area (Å²) < 4.78 is 49.6. The molecule has 54 heavy (non-hydrogen) atoms. The first-order valence-corrected chi connectivity index (χ1v) is 21.1. The topological polar surface area (TPSA) is 106 Å². The summed E-state index contributed by atoms with van der Waals surface area (Å²) in [6.45, 7) is 14.5. The molecule has 1 radical (unpaired) electrons. The van der Waals surface area contributed by atoms with Gasteiger partial charge in [-0.05, 0) is 59.1 Å². The van der Waals surface area contributed by atoms with Crippen molar-refractivity contribution in [1.29, 1.82) is 0 Å². The lowest BCUT2D eigenvalue weighted by Crippen LogP contribution is -2.45. The number of halogens is 1. The molecule has 0 aliphatic carbocycles. The summed E-state index contributed by atoms with van der Waals surface area (Å²) in [5.41, 5.74) is 1.88. The fraction of sp³-hybridized carbons (Fsp3) is 0.381. The Hall–Kier alpha value is -4.62. The summed E-state index contributed by atoms with van der Waals surface area (Å²) in [6, 6.07) is 25.7. The molecule has 285 valence electrons. The van der Waals surface area contributed by atoms with Gasteiger partial charge in [0.25, 0.3) is 0 Å². The molecule has 1 fully saturated rings. The molecule has 2 aromatic heterocycles. The zero-order chi connectivity index (χ0) is 38.8. The summed E-state index contributed by atoms with van der Waals surface area (Å²) in [6.07, 6.45) is 2.72. The smallest absolute Gasteiger partial charge is 0.228 e. The first-order chi connectivity index (χ1) is 25.7. The zero-order valence-corrected chi connectivity index (χ0v) is 33.4. The van der Waals surface area contributed by atoms with E-state index in [1.807, 2.05) is 85.3 Å². The molecule has 1 aliphatic rings. The van der Waals surface area contributed by atoms with Gasteiger partial charge in [-0.2, -0.15) is 0 Å². The molecule has 12 heteroatoms. The largest absolute Gasteiger partial charge is 0.497 e. The van der Waals surface area contributed by atoms with Crippen LogP contribution in [0, 0.1) is 18.2 Å². The number of rotatable bonds is 13. The Morgan fingerprint density at radius 1 is 0.907 bits per heavy atom. The Morgan fingerprint density at radius 2 is 1.48 bits per heavy atom. The normalized spacial score (nSPS) is 17.9. The maximum atomic E-state index is 15.9. The molecule has 0 bridgehead atoms. The Labute approximate surface area is 318 Å². The monoisotopic (exact) mass is 753 g/mol. The molecule has 0 unspecified atom stereocenters. The molecule has 1 N–H and O–H groups in total. The minimum atomic E-state index is -2.39. The Balaban J connectivity index is 1.42. The number of benzene rings is 3. The van der Waals surface area contributed by atoms with E-state index in [2.05, 4.69) is 49.1 Å². The van der Waals surface area contributed by atoms with Crippen molar-refractivity contribution in [3.63, 3.8) is 0 Å². The molecule has 1 saturated heterocycles. The Morgan fingerprint density at radius 3 is 2.02 bits per heavy atom. The van der Waals surface area contributed by atoms with E-state index in [4.69, 9.17) is 23.4 Å². The molecule has 3 atom stereocenters. The fourth-order valence-electron chi connectivity index (χ4n) is 6.41. The summed E-state index contributed by atoms with van der Waals surface area (Å²) in [5.74, 6) is 0.359. The number of anilines is 1. The average Bonchev–Trinajstić information content (AvgIpc) is 3.71. The van der Waals surface area contributed by atoms with Crippen molar-refractivity contribution >= 4 is 31.1 Å². The first-order valence-electron chi connectivity index (χ1n) is 18.2. The minimum Gasteiger partial charge on any atom is -0.497 e. The van der Waals surface area contributed by atoms with Gasteiger partial charge in [0.1, 0.15) is 29.2 Å². The minimum absolute atomic E-state index is 0.1000. The summed E-state index contributed by atoms with van der Waals surface area (Å²) >= 11 is 0. The Kier molecular flexibility index (Phi) is 11.3. The fourth-order valence-corrected chi connectivity index (χ4v) is 7.64. The van der Waals surface area contributed by atoms with Crippen LogP contribution >= 0.6 is 0 Å². The predicted octanol–water partition coefficient (Wildman–Crippen LogP) is 8.68. The highest BCUT2D eigenvalue weighted by Crippen LogP contribution is 2.45. The third-order valence-corrected chi connectivity index (χ3v) is 15.0. The number of nitrogens with zero attached hydrogens (tertiary/aromatic N) is 3. The second-order valence-corrected chi connectivity index (χ2v) is 20.1. The van der Waals surface area contributed by atoms with E-state index in [9.17, 15) is 4.79 Å².